The second-order valence-corrected chi connectivity index (χ2v) is 8.04. The van der Waals surface area contributed by atoms with Crippen molar-refractivity contribution in [1.29, 1.82) is 0 Å². The van der Waals surface area contributed by atoms with Gasteiger partial charge in [-0.25, -0.2) is 0 Å². The van der Waals surface area contributed by atoms with Gasteiger partial charge < -0.3 is 0 Å². The first-order chi connectivity index (χ1) is 10.9. The number of ether oxygens (including phenoxy) is 2. The molecule has 1 unspecified atom stereocenters. The Morgan fingerprint density at radius 2 is 1.77 bits per heavy atom. The number of hydrogen-bond acceptors (Lipinski definition) is 2. The maximum absolute atomic E-state index is 5.82. The van der Waals surface area contributed by atoms with Crippen molar-refractivity contribution in [1.82, 2.24) is 0 Å². The van der Waals surface area contributed by atoms with E-state index in [0.29, 0.717) is 13.2 Å². The minimum atomic E-state index is -0.225. The fourth-order valence-electron chi connectivity index (χ4n) is 2.36. The van der Waals surface area contributed by atoms with E-state index >= 15 is 0 Å². The van der Waals surface area contributed by atoms with Gasteiger partial charge in [0, 0.05) is 0 Å². The van der Waals surface area contributed by atoms with Gasteiger partial charge in [0.25, 0.3) is 0 Å². The summed E-state index contributed by atoms with van der Waals surface area (Å²) in [4.78, 5) is 0. The van der Waals surface area contributed by atoms with Gasteiger partial charge in [-0.15, -0.1) is 0 Å². The van der Waals surface area contributed by atoms with E-state index in [1.165, 1.54) is 14.7 Å². The average molecular weight is 408 g/mol. The summed E-state index contributed by atoms with van der Waals surface area (Å²) in [7, 11) is 0. The zero-order chi connectivity index (χ0) is 15.0. The van der Waals surface area contributed by atoms with E-state index < -0.39 is 0 Å². The molecule has 0 N–H and O–H groups in total. The number of hydrogen-bond donors (Lipinski definition) is 0. The molecule has 3 rings (SSSR count). The van der Waals surface area contributed by atoms with Gasteiger partial charge in [0.05, 0.1) is 0 Å². The molecule has 0 aromatic heterocycles. The summed E-state index contributed by atoms with van der Waals surface area (Å²) in [6.45, 7) is 2.12. The molecule has 2 aromatic carbocycles. The first kappa shape index (κ1) is 15.8. The van der Waals surface area contributed by atoms with Crippen LogP contribution in [0.3, 0.4) is 0 Å². The minimum absolute atomic E-state index is 0.221. The van der Waals surface area contributed by atoms with Gasteiger partial charge in [-0.05, 0) is 0 Å². The van der Waals surface area contributed by atoms with Gasteiger partial charge in [0.2, 0.25) is 0 Å². The third-order valence-corrected chi connectivity index (χ3v) is 6.36. The second kappa shape index (κ2) is 8.50. The molecule has 1 aliphatic rings. The molecule has 22 heavy (non-hydrogen) atoms. The summed E-state index contributed by atoms with van der Waals surface area (Å²) >= 11 is -0.225. The van der Waals surface area contributed by atoms with Crippen molar-refractivity contribution in [3.05, 3.63) is 75.9 Å². The van der Waals surface area contributed by atoms with Crippen LogP contribution in [0.5, 0.6) is 0 Å². The summed E-state index contributed by atoms with van der Waals surface area (Å²) in [5, 5.41) is 0. The Bertz CT molecular complexity index is 595. The predicted molar refractivity (Wildman–Crippen MR) is 90.4 cm³/mol. The van der Waals surface area contributed by atoms with Crippen LogP contribution >= 0.6 is 0 Å². The van der Waals surface area contributed by atoms with E-state index in [9.17, 15) is 0 Å². The maximum atomic E-state index is 5.82. The van der Waals surface area contributed by atoms with Gasteiger partial charge >= 0.3 is 142 Å². The van der Waals surface area contributed by atoms with Crippen LogP contribution in [0.2, 0.25) is 0 Å². The Hall–Kier alpha value is -1.11. The fourth-order valence-corrected chi connectivity index (χ4v) is 4.59. The van der Waals surface area contributed by atoms with Crippen LogP contribution in [0, 0.1) is 0 Å². The second-order valence-electron chi connectivity index (χ2n) is 5.34. The van der Waals surface area contributed by atoms with Gasteiger partial charge in [-0.2, -0.15) is 0 Å². The monoisotopic (exact) mass is 410 g/mol. The number of benzene rings is 2. The third-order valence-electron chi connectivity index (χ3n) is 3.51. The van der Waals surface area contributed by atoms with Gasteiger partial charge in [0.15, 0.2) is 0 Å². The van der Waals surface area contributed by atoms with Crippen LogP contribution in [0.4, 0.5) is 0 Å². The quantitative estimate of drug-likeness (QED) is 0.685. The van der Waals surface area contributed by atoms with Crippen molar-refractivity contribution in [3.8, 4) is 0 Å². The molecule has 1 fully saturated rings. The Morgan fingerprint density at radius 3 is 2.55 bits per heavy atom. The molecule has 2 aromatic rings. The van der Waals surface area contributed by atoms with E-state index in [0.717, 1.165) is 13.0 Å². The molecule has 0 amide bonds. The zero-order valence-corrected chi connectivity index (χ0v) is 14.8. The van der Waals surface area contributed by atoms with Gasteiger partial charge in [-0.1, -0.05) is 0 Å². The third kappa shape index (κ3) is 4.97. The molecule has 1 saturated heterocycles. The molecule has 3 heteroatoms. The number of rotatable bonds is 6. The average Bonchev–Trinajstić information content (AvgIpc) is 3.03. The Kier molecular flexibility index (Phi) is 6.10. The molecule has 0 spiro atoms. The normalized spacial score (nSPS) is 19.6. The molecular weight excluding hydrogens is 388 g/mol. The summed E-state index contributed by atoms with van der Waals surface area (Å²) in [5.41, 5.74) is 2.66. The van der Waals surface area contributed by atoms with Crippen molar-refractivity contribution in [2.45, 2.75) is 19.1 Å². The molecule has 1 heterocycles. The van der Waals surface area contributed by atoms with E-state index in [-0.39, 0.29) is 27.0 Å². The summed E-state index contributed by atoms with van der Waals surface area (Å²) in [6.07, 6.45) is 1.24. The molecule has 1 aliphatic heterocycles. The van der Waals surface area contributed by atoms with Crippen LogP contribution in [-0.2, 0) is 16.1 Å². The van der Waals surface area contributed by atoms with Crippen molar-refractivity contribution in [2.24, 2.45) is 0 Å². The van der Waals surface area contributed by atoms with Crippen molar-refractivity contribution in [3.63, 3.8) is 0 Å². The van der Waals surface area contributed by atoms with Crippen LogP contribution in [0.25, 0.3) is 0 Å². The Labute approximate surface area is 142 Å². The summed E-state index contributed by atoms with van der Waals surface area (Å²) < 4.78 is 15.5. The van der Waals surface area contributed by atoms with Crippen LogP contribution in [-0.4, -0.2) is 40.2 Å². The topological polar surface area (TPSA) is 18.5 Å². The molecule has 0 aliphatic carbocycles. The molecule has 0 bridgehead atoms. The summed E-state index contributed by atoms with van der Waals surface area (Å²) in [5.74, 6) is 0. The fraction of sp³-hybridized carbons (Fsp3) is 0.263. The van der Waals surface area contributed by atoms with E-state index in [4.69, 9.17) is 9.47 Å². The molecule has 2 nitrogen and oxygen atoms in total. The van der Waals surface area contributed by atoms with Crippen molar-refractivity contribution >= 4 is 24.5 Å². The molecular formula is C19H20O2Te. The molecule has 0 radical (unpaired) electrons. The first-order valence-electron chi connectivity index (χ1n) is 7.53. The summed E-state index contributed by atoms with van der Waals surface area (Å²) in [6, 6.07) is 21.0. The van der Waals surface area contributed by atoms with Gasteiger partial charge in [0.1, 0.15) is 0 Å². The molecule has 1 atom stereocenters. The van der Waals surface area contributed by atoms with Crippen molar-refractivity contribution < 1.29 is 9.47 Å². The zero-order valence-electron chi connectivity index (χ0n) is 12.5. The van der Waals surface area contributed by atoms with Crippen LogP contribution in [0.1, 0.15) is 12.0 Å². The van der Waals surface area contributed by atoms with E-state index in [1.807, 2.05) is 18.2 Å². The predicted octanol–water partition coefficient (Wildman–Crippen LogP) is 2.91. The molecule has 0 saturated carbocycles. The standard InChI is InChI=1S/C19H20O2Te/c1-3-7-16(8-4-1)12-20-14-18-11-17(13-21-18)15-22-19-9-5-2-6-10-19/h1-10,15,18H,11-14H2/b17-15+. The SMILES string of the molecule is C(/[Te]c1ccccc1)=C1\COC(COCc2ccccc2)C1. The van der Waals surface area contributed by atoms with E-state index in [1.54, 1.807) is 0 Å². The van der Waals surface area contributed by atoms with Crippen molar-refractivity contribution in [2.75, 3.05) is 13.2 Å². The first-order valence-corrected chi connectivity index (χ1v) is 10.0. The Morgan fingerprint density at radius 1 is 1.05 bits per heavy atom. The van der Waals surface area contributed by atoms with Crippen LogP contribution in [0.15, 0.2) is 70.4 Å². The van der Waals surface area contributed by atoms with Gasteiger partial charge in [-0.3, -0.25) is 0 Å². The Balaban J connectivity index is 1.40. The molecule has 114 valence electrons. The van der Waals surface area contributed by atoms with E-state index in [2.05, 4.69) is 46.6 Å². The van der Waals surface area contributed by atoms with Crippen LogP contribution < -0.4 is 3.61 Å².